The molecule has 1 aliphatic carbocycles. The quantitative estimate of drug-likeness (QED) is 0.709. The normalized spacial score (nSPS) is 14.1. The van der Waals surface area contributed by atoms with Crippen LogP contribution in [0.15, 0.2) is 54.7 Å². The van der Waals surface area contributed by atoms with Gasteiger partial charge in [0, 0.05) is 36.7 Å². The number of hydrogen-bond acceptors (Lipinski definition) is 1. The Bertz CT molecular complexity index is 894. The van der Waals surface area contributed by atoms with Crippen LogP contribution in [0.2, 0.25) is 0 Å². The first-order valence-corrected chi connectivity index (χ1v) is 8.23. The number of aromatic nitrogens is 1. The van der Waals surface area contributed by atoms with Gasteiger partial charge in [-0.25, -0.2) is 4.39 Å². The van der Waals surface area contributed by atoms with Crippen LogP contribution < -0.4 is 0 Å². The van der Waals surface area contributed by atoms with Crippen LogP contribution in [0.3, 0.4) is 0 Å². The van der Waals surface area contributed by atoms with E-state index in [4.69, 9.17) is 0 Å². The number of rotatable bonds is 4. The molecule has 0 aliphatic heterocycles. The van der Waals surface area contributed by atoms with Gasteiger partial charge in [-0.3, -0.25) is 4.79 Å². The van der Waals surface area contributed by atoms with Crippen molar-refractivity contribution in [3.8, 4) is 0 Å². The first-order valence-electron chi connectivity index (χ1n) is 8.23. The largest absolute Gasteiger partial charge is 0.350 e. The molecule has 24 heavy (non-hydrogen) atoms. The van der Waals surface area contributed by atoms with Gasteiger partial charge in [0.25, 0.3) is 5.91 Å². The van der Waals surface area contributed by atoms with E-state index >= 15 is 0 Å². The van der Waals surface area contributed by atoms with Crippen LogP contribution in [-0.4, -0.2) is 21.4 Å². The fourth-order valence-corrected chi connectivity index (χ4v) is 3.21. The minimum Gasteiger partial charge on any atom is -0.350 e. The number of nitrogens with zero attached hydrogens (tertiary/aromatic N) is 2. The summed E-state index contributed by atoms with van der Waals surface area (Å²) in [6.07, 6.45) is 3.99. The molecule has 1 heterocycles. The number of carbonyl (C=O) groups is 1. The minimum absolute atomic E-state index is 0.0543. The lowest BCUT2D eigenvalue weighted by Gasteiger charge is -2.22. The molecule has 0 saturated heterocycles. The molecule has 122 valence electrons. The Labute approximate surface area is 140 Å². The van der Waals surface area contributed by atoms with Crippen molar-refractivity contribution in [2.45, 2.75) is 25.4 Å². The van der Waals surface area contributed by atoms with Gasteiger partial charge in [0.2, 0.25) is 0 Å². The van der Waals surface area contributed by atoms with Gasteiger partial charge in [-0.1, -0.05) is 30.3 Å². The number of para-hydroxylation sites is 1. The van der Waals surface area contributed by atoms with Gasteiger partial charge in [-0.05, 0) is 36.6 Å². The third kappa shape index (κ3) is 2.68. The zero-order valence-electron chi connectivity index (χ0n) is 13.6. The molecule has 1 aromatic heterocycles. The van der Waals surface area contributed by atoms with Crippen molar-refractivity contribution in [3.05, 3.63) is 71.7 Å². The Morgan fingerprint density at radius 2 is 1.88 bits per heavy atom. The fraction of sp³-hybridized carbons (Fsp3) is 0.250. The lowest BCUT2D eigenvalue weighted by atomic mass is 10.1. The van der Waals surface area contributed by atoms with Crippen LogP contribution in [0, 0.1) is 5.82 Å². The summed E-state index contributed by atoms with van der Waals surface area (Å²) in [6, 6.07) is 14.6. The highest BCUT2D eigenvalue weighted by Gasteiger charge is 2.34. The number of benzene rings is 2. The molecule has 4 rings (SSSR count). The third-order valence-electron chi connectivity index (χ3n) is 4.64. The van der Waals surface area contributed by atoms with E-state index in [1.165, 1.54) is 12.1 Å². The Hall–Kier alpha value is -2.62. The van der Waals surface area contributed by atoms with Gasteiger partial charge >= 0.3 is 0 Å². The topological polar surface area (TPSA) is 25.2 Å². The van der Waals surface area contributed by atoms with Crippen LogP contribution in [-0.2, 0) is 13.6 Å². The SMILES string of the molecule is Cn1cc(C(=O)N(Cc2ccc(F)cc2)C2CC2)c2ccccc21. The zero-order valence-corrected chi connectivity index (χ0v) is 13.6. The van der Waals surface area contributed by atoms with E-state index in [2.05, 4.69) is 0 Å². The maximum atomic E-state index is 13.2. The lowest BCUT2D eigenvalue weighted by Crippen LogP contribution is -2.32. The van der Waals surface area contributed by atoms with Crippen LogP contribution in [0.4, 0.5) is 4.39 Å². The van der Waals surface area contributed by atoms with Gasteiger partial charge in [-0.15, -0.1) is 0 Å². The molecule has 0 N–H and O–H groups in total. The van der Waals surface area contributed by atoms with E-state index in [1.54, 1.807) is 12.1 Å². The molecule has 0 bridgehead atoms. The van der Waals surface area contributed by atoms with Crippen LogP contribution >= 0.6 is 0 Å². The van der Waals surface area contributed by atoms with E-state index in [0.717, 1.165) is 34.9 Å². The predicted octanol–water partition coefficient (Wildman–Crippen LogP) is 4.12. The average Bonchev–Trinajstić information content (AvgIpc) is 3.38. The Balaban J connectivity index is 1.68. The second-order valence-electron chi connectivity index (χ2n) is 6.46. The Morgan fingerprint density at radius 1 is 1.17 bits per heavy atom. The van der Waals surface area contributed by atoms with Crippen LogP contribution in [0.25, 0.3) is 10.9 Å². The predicted molar refractivity (Wildman–Crippen MR) is 92.2 cm³/mol. The van der Waals surface area contributed by atoms with Crippen molar-refractivity contribution >= 4 is 16.8 Å². The van der Waals surface area contributed by atoms with E-state index in [9.17, 15) is 9.18 Å². The summed E-state index contributed by atoms with van der Waals surface area (Å²) in [5.41, 5.74) is 2.75. The molecule has 0 radical (unpaired) electrons. The monoisotopic (exact) mass is 322 g/mol. The van der Waals surface area contributed by atoms with Crippen LogP contribution in [0.1, 0.15) is 28.8 Å². The van der Waals surface area contributed by atoms with Crippen molar-refractivity contribution in [1.29, 1.82) is 0 Å². The molecule has 1 saturated carbocycles. The number of carbonyl (C=O) groups excluding carboxylic acids is 1. The molecule has 1 amide bonds. The molecule has 1 aliphatic rings. The smallest absolute Gasteiger partial charge is 0.256 e. The van der Waals surface area contributed by atoms with Gasteiger partial charge in [0.05, 0.1) is 5.56 Å². The highest BCUT2D eigenvalue weighted by atomic mass is 19.1. The molecular formula is C20H19FN2O. The number of fused-ring (bicyclic) bond motifs is 1. The van der Waals surface area contributed by atoms with Gasteiger partial charge in [-0.2, -0.15) is 0 Å². The van der Waals surface area contributed by atoms with Gasteiger partial charge in [0.15, 0.2) is 0 Å². The summed E-state index contributed by atoms with van der Waals surface area (Å²) < 4.78 is 15.1. The number of amides is 1. The Morgan fingerprint density at radius 3 is 2.58 bits per heavy atom. The van der Waals surface area contributed by atoms with E-state index in [1.807, 2.05) is 47.0 Å². The number of aryl methyl sites for hydroxylation is 1. The molecule has 3 aromatic rings. The van der Waals surface area contributed by atoms with Crippen molar-refractivity contribution in [2.24, 2.45) is 7.05 Å². The summed E-state index contributed by atoms with van der Waals surface area (Å²) in [4.78, 5) is 15.1. The molecular weight excluding hydrogens is 303 g/mol. The van der Waals surface area contributed by atoms with E-state index < -0.39 is 0 Å². The maximum Gasteiger partial charge on any atom is 0.256 e. The Kier molecular flexibility index (Phi) is 3.60. The van der Waals surface area contributed by atoms with Crippen molar-refractivity contribution in [3.63, 3.8) is 0 Å². The summed E-state index contributed by atoms with van der Waals surface area (Å²) >= 11 is 0. The summed E-state index contributed by atoms with van der Waals surface area (Å²) in [5, 5.41) is 0.981. The molecule has 2 aromatic carbocycles. The highest BCUT2D eigenvalue weighted by Crippen LogP contribution is 2.31. The molecule has 1 fully saturated rings. The summed E-state index contributed by atoms with van der Waals surface area (Å²) in [5.74, 6) is -0.198. The van der Waals surface area contributed by atoms with Crippen molar-refractivity contribution in [1.82, 2.24) is 9.47 Å². The second kappa shape index (κ2) is 5.78. The molecule has 0 spiro atoms. The van der Waals surface area contributed by atoms with Crippen molar-refractivity contribution in [2.75, 3.05) is 0 Å². The fourth-order valence-electron chi connectivity index (χ4n) is 3.21. The van der Waals surface area contributed by atoms with Crippen LogP contribution in [0.5, 0.6) is 0 Å². The van der Waals surface area contributed by atoms with Crippen molar-refractivity contribution < 1.29 is 9.18 Å². The lowest BCUT2D eigenvalue weighted by molar-refractivity contribution is 0.0731. The average molecular weight is 322 g/mol. The summed E-state index contributed by atoms with van der Waals surface area (Å²) in [6.45, 7) is 0.521. The maximum absolute atomic E-state index is 13.2. The zero-order chi connectivity index (χ0) is 16.7. The molecule has 3 nitrogen and oxygen atoms in total. The molecule has 0 unspecified atom stereocenters. The molecule has 4 heteroatoms. The van der Waals surface area contributed by atoms with E-state index in [-0.39, 0.29) is 11.7 Å². The van der Waals surface area contributed by atoms with E-state index in [0.29, 0.717) is 12.6 Å². The second-order valence-corrected chi connectivity index (χ2v) is 6.46. The number of hydrogen-bond donors (Lipinski definition) is 0. The highest BCUT2D eigenvalue weighted by molar-refractivity contribution is 6.07. The standard InChI is InChI=1S/C20H19FN2O/c1-22-13-18(17-4-2-3-5-19(17)22)20(24)23(16-10-11-16)12-14-6-8-15(21)9-7-14/h2-9,13,16H,10-12H2,1H3. The first kappa shape index (κ1) is 14.9. The van der Waals surface area contributed by atoms with Gasteiger partial charge in [0.1, 0.15) is 5.82 Å². The third-order valence-corrected chi connectivity index (χ3v) is 4.64. The number of halogens is 1. The molecule has 0 atom stereocenters. The first-order chi connectivity index (χ1) is 11.6. The summed E-state index contributed by atoms with van der Waals surface area (Å²) in [7, 11) is 1.96. The van der Waals surface area contributed by atoms with Gasteiger partial charge < -0.3 is 9.47 Å². The minimum atomic E-state index is -0.253.